The van der Waals surface area contributed by atoms with Crippen LogP contribution in [0.4, 0.5) is 0 Å². The summed E-state index contributed by atoms with van der Waals surface area (Å²) in [4.78, 5) is 0.375. The first kappa shape index (κ1) is 20.8. The number of hydrogen-bond donors (Lipinski definition) is 0. The first-order valence-corrected chi connectivity index (χ1v) is 12.0. The van der Waals surface area contributed by atoms with Gasteiger partial charge in [0.25, 0.3) is 0 Å². The maximum absolute atomic E-state index is 13.6. The van der Waals surface area contributed by atoms with E-state index < -0.39 is 10.0 Å². The number of nitrogens with zero attached hydrogens (tertiary/aromatic N) is 1. The van der Waals surface area contributed by atoms with Crippen molar-refractivity contribution in [2.45, 2.75) is 50.5 Å². The lowest BCUT2D eigenvalue weighted by Gasteiger charge is -2.39. The molecule has 1 saturated heterocycles. The first-order chi connectivity index (χ1) is 14.3. The quantitative estimate of drug-likeness (QED) is 0.526. The number of aryl methyl sites for hydroxylation is 3. The molecule has 1 aliphatic heterocycles. The third kappa shape index (κ3) is 4.21. The van der Waals surface area contributed by atoms with Crippen LogP contribution in [0.25, 0.3) is 0 Å². The van der Waals surface area contributed by atoms with Crippen molar-refractivity contribution in [3.63, 3.8) is 0 Å². The van der Waals surface area contributed by atoms with E-state index >= 15 is 0 Å². The van der Waals surface area contributed by atoms with Crippen LogP contribution in [-0.2, 0) is 10.0 Å². The van der Waals surface area contributed by atoms with Gasteiger partial charge in [0.2, 0.25) is 10.0 Å². The van der Waals surface area contributed by atoms with Gasteiger partial charge in [-0.3, -0.25) is 0 Å². The van der Waals surface area contributed by atoms with E-state index in [2.05, 4.69) is 56.3 Å². The predicted octanol–water partition coefficient (Wildman–Crippen LogP) is 5.92. The molecule has 0 bridgehead atoms. The largest absolute Gasteiger partial charge is 0.243 e. The zero-order chi connectivity index (χ0) is 21.3. The van der Waals surface area contributed by atoms with Gasteiger partial charge in [0.1, 0.15) is 0 Å². The van der Waals surface area contributed by atoms with Gasteiger partial charge in [-0.05, 0) is 62.8 Å². The summed E-state index contributed by atoms with van der Waals surface area (Å²) >= 11 is 0. The number of benzene rings is 3. The molecule has 0 aromatic heterocycles. The van der Waals surface area contributed by atoms with Crippen molar-refractivity contribution >= 4 is 10.0 Å². The van der Waals surface area contributed by atoms with Crippen LogP contribution in [0.1, 0.15) is 52.6 Å². The molecular formula is C26H29NO2S. The normalized spacial score (nSPS) is 20.2. The average molecular weight is 420 g/mol. The van der Waals surface area contributed by atoms with Crippen LogP contribution in [0, 0.1) is 20.8 Å². The molecule has 0 N–H and O–H groups in total. The van der Waals surface area contributed by atoms with Crippen molar-refractivity contribution in [2.75, 3.05) is 6.54 Å². The van der Waals surface area contributed by atoms with Crippen LogP contribution in [-0.4, -0.2) is 19.3 Å². The summed E-state index contributed by atoms with van der Waals surface area (Å²) in [6.45, 7) is 6.66. The molecule has 3 aromatic carbocycles. The molecule has 1 fully saturated rings. The van der Waals surface area contributed by atoms with Crippen molar-refractivity contribution in [1.82, 2.24) is 4.31 Å². The summed E-state index contributed by atoms with van der Waals surface area (Å²) in [6.07, 6.45) is 1.62. The molecule has 3 aromatic rings. The highest BCUT2D eigenvalue weighted by molar-refractivity contribution is 7.89. The van der Waals surface area contributed by atoms with Crippen molar-refractivity contribution in [3.05, 3.63) is 101 Å². The summed E-state index contributed by atoms with van der Waals surface area (Å²) < 4.78 is 28.9. The van der Waals surface area contributed by atoms with Crippen molar-refractivity contribution < 1.29 is 8.42 Å². The van der Waals surface area contributed by atoms with Gasteiger partial charge in [-0.1, -0.05) is 77.4 Å². The first-order valence-electron chi connectivity index (χ1n) is 10.6. The lowest BCUT2D eigenvalue weighted by Crippen LogP contribution is -2.40. The third-order valence-corrected chi connectivity index (χ3v) is 8.04. The molecule has 0 aliphatic carbocycles. The summed E-state index contributed by atoms with van der Waals surface area (Å²) in [5.41, 5.74) is 5.83. The molecule has 4 heteroatoms. The van der Waals surface area contributed by atoms with Crippen LogP contribution in [0.5, 0.6) is 0 Å². The molecule has 0 radical (unpaired) electrons. The van der Waals surface area contributed by atoms with Crippen LogP contribution in [0.15, 0.2) is 77.7 Å². The fourth-order valence-corrected chi connectivity index (χ4v) is 6.12. The van der Waals surface area contributed by atoms with Crippen LogP contribution < -0.4 is 0 Å². The molecular weight excluding hydrogens is 390 g/mol. The topological polar surface area (TPSA) is 37.4 Å². The molecule has 2 atom stereocenters. The van der Waals surface area contributed by atoms with E-state index in [4.69, 9.17) is 0 Å². The highest BCUT2D eigenvalue weighted by Gasteiger charge is 2.38. The molecule has 3 nitrogen and oxygen atoms in total. The molecule has 156 valence electrons. The van der Waals surface area contributed by atoms with E-state index in [0.717, 1.165) is 29.5 Å². The second-order valence-electron chi connectivity index (χ2n) is 8.49. The molecule has 1 aliphatic rings. The zero-order valence-electron chi connectivity index (χ0n) is 17.9. The Bertz CT molecular complexity index is 1140. The van der Waals surface area contributed by atoms with E-state index in [1.54, 1.807) is 16.4 Å². The minimum atomic E-state index is -3.57. The summed E-state index contributed by atoms with van der Waals surface area (Å²) in [7, 11) is -3.57. The number of rotatable bonds is 4. The standard InChI is InChI=1S/C26H29NO2S/c1-19-10-12-25(13-11-19)30(28,29)27-15-14-23(22-8-4-6-20(2)16-22)18-26(27)24-9-5-7-21(3)17-24/h4-13,16-17,23,26H,14-15,18H2,1-3H3. The predicted molar refractivity (Wildman–Crippen MR) is 122 cm³/mol. The Labute approximate surface area is 180 Å². The highest BCUT2D eigenvalue weighted by atomic mass is 32.2. The van der Waals surface area contributed by atoms with Gasteiger partial charge in [-0.25, -0.2) is 8.42 Å². The van der Waals surface area contributed by atoms with Gasteiger partial charge >= 0.3 is 0 Å². The monoisotopic (exact) mass is 419 g/mol. The Morgan fingerprint density at radius 3 is 2.00 bits per heavy atom. The lowest BCUT2D eigenvalue weighted by atomic mass is 9.83. The van der Waals surface area contributed by atoms with Gasteiger partial charge in [-0.2, -0.15) is 4.31 Å². The molecule has 0 spiro atoms. The van der Waals surface area contributed by atoms with Crippen LogP contribution in [0.3, 0.4) is 0 Å². The van der Waals surface area contributed by atoms with E-state index in [0.29, 0.717) is 17.4 Å². The van der Waals surface area contributed by atoms with Gasteiger partial charge in [0.15, 0.2) is 0 Å². The van der Waals surface area contributed by atoms with Crippen molar-refractivity contribution in [2.24, 2.45) is 0 Å². The minimum Gasteiger partial charge on any atom is -0.207 e. The number of hydrogen-bond acceptors (Lipinski definition) is 2. The van der Waals surface area contributed by atoms with Gasteiger partial charge in [-0.15, -0.1) is 0 Å². The molecule has 1 heterocycles. The van der Waals surface area contributed by atoms with E-state index in [1.807, 2.05) is 25.1 Å². The molecule has 0 saturated carbocycles. The van der Waals surface area contributed by atoms with E-state index in [9.17, 15) is 8.42 Å². The SMILES string of the molecule is Cc1ccc(S(=O)(=O)N2CCC(c3cccc(C)c3)CC2c2cccc(C)c2)cc1. The Morgan fingerprint density at radius 2 is 1.37 bits per heavy atom. The molecule has 4 rings (SSSR count). The second kappa shape index (κ2) is 8.37. The van der Waals surface area contributed by atoms with Crippen LogP contribution in [0.2, 0.25) is 0 Å². The third-order valence-electron chi connectivity index (χ3n) is 6.12. The Kier molecular flexibility index (Phi) is 5.81. The molecule has 30 heavy (non-hydrogen) atoms. The van der Waals surface area contributed by atoms with Gasteiger partial charge in [0.05, 0.1) is 10.9 Å². The van der Waals surface area contributed by atoms with Crippen molar-refractivity contribution in [3.8, 4) is 0 Å². The lowest BCUT2D eigenvalue weighted by molar-refractivity contribution is 0.234. The Morgan fingerprint density at radius 1 is 0.767 bits per heavy atom. The average Bonchev–Trinajstić information content (AvgIpc) is 2.73. The van der Waals surface area contributed by atoms with Crippen LogP contribution >= 0.6 is 0 Å². The van der Waals surface area contributed by atoms with E-state index in [1.165, 1.54) is 11.1 Å². The van der Waals surface area contributed by atoms with E-state index in [-0.39, 0.29) is 6.04 Å². The summed E-state index contributed by atoms with van der Waals surface area (Å²) in [5, 5.41) is 0. The number of sulfonamides is 1. The Balaban J connectivity index is 1.73. The minimum absolute atomic E-state index is 0.171. The maximum Gasteiger partial charge on any atom is 0.243 e. The fraction of sp³-hybridized carbons (Fsp3) is 0.308. The maximum atomic E-state index is 13.6. The van der Waals surface area contributed by atoms with Gasteiger partial charge in [0, 0.05) is 6.54 Å². The smallest absolute Gasteiger partial charge is 0.207 e. The molecule has 2 unspecified atom stereocenters. The Hall–Kier alpha value is -2.43. The summed E-state index contributed by atoms with van der Waals surface area (Å²) in [5.74, 6) is 0.347. The fourth-order valence-electron chi connectivity index (χ4n) is 4.48. The zero-order valence-corrected chi connectivity index (χ0v) is 18.7. The van der Waals surface area contributed by atoms with Crippen molar-refractivity contribution in [1.29, 1.82) is 0 Å². The second-order valence-corrected chi connectivity index (χ2v) is 10.4. The number of piperidine rings is 1. The highest BCUT2D eigenvalue weighted by Crippen LogP contribution is 2.42. The molecule has 0 amide bonds. The van der Waals surface area contributed by atoms with Gasteiger partial charge < -0.3 is 0 Å². The summed E-state index contributed by atoms with van der Waals surface area (Å²) in [6, 6.07) is 23.9.